The van der Waals surface area contributed by atoms with Gasteiger partial charge in [-0.1, -0.05) is 6.92 Å². The number of aliphatic carboxylic acids is 1. The summed E-state index contributed by atoms with van der Waals surface area (Å²) in [5.74, 6) is -0.837. The highest BCUT2D eigenvalue weighted by molar-refractivity contribution is 7.07. The second-order valence-corrected chi connectivity index (χ2v) is 4.02. The molecule has 0 saturated carbocycles. The van der Waals surface area contributed by atoms with E-state index in [9.17, 15) is 4.79 Å². The lowest BCUT2D eigenvalue weighted by molar-refractivity contribution is -0.148. The number of carboxylic acid groups (broad SMARTS) is 1. The number of carboxylic acids is 1. The molecule has 1 unspecified atom stereocenters. The summed E-state index contributed by atoms with van der Waals surface area (Å²) >= 11 is 1.47. The normalized spacial score (nSPS) is 15.0. The van der Waals surface area contributed by atoms with Gasteiger partial charge in [-0.05, 0) is 6.42 Å². The van der Waals surface area contributed by atoms with Gasteiger partial charge < -0.3 is 10.8 Å². The number of thiazole rings is 1. The van der Waals surface area contributed by atoms with Crippen LogP contribution in [0.25, 0.3) is 0 Å². The second-order valence-electron chi connectivity index (χ2n) is 3.30. The zero-order valence-corrected chi connectivity index (χ0v) is 8.88. The van der Waals surface area contributed by atoms with Gasteiger partial charge in [0, 0.05) is 18.3 Å². The van der Waals surface area contributed by atoms with Crippen molar-refractivity contribution in [1.82, 2.24) is 4.98 Å². The summed E-state index contributed by atoms with van der Waals surface area (Å²) in [6.07, 6.45) is 0.940. The molecule has 0 aliphatic rings. The molecule has 1 rings (SSSR count). The fourth-order valence-corrected chi connectivity index (χ4v) is 1.89. The van der Waals surface area contributed by atoms with Crippen molar-refractivity contribution in [2.75, 3.05) is 6.54 Å². The Hall–Kier alpha value is -0.940. The van der Waals surface area contributed by atoms with Crippen molar-refractivity contribution in [3.8, 4) is 0 Å². The van der Waals surface area contributed by atoms with Crippen molar-refractivity contribution in [3.05, 3.63) is 16.6 Å². The average molecular weight is 214 g/mol. The van der Waals surface area contributed by atoms with E-state index in [1.807, 2.05) is 12.3 Å². The molecular weight excluding hydrogens is 200 g/mol. The third-order valence-electron chi connectivity index (χ3n) is 2.52. The zero-order valence-electron chi connectivity index (χ0n) is 8.06. The Balaban J connectivity index is 2.83. The minimum absolute atomic E-state index is 0.149. The smallest absolute Gasteiger partial charge is 0.311 e. The van der Waals surface area contributed by atoms with Crippen LogP contribution in [0.1, 0.15) is 19.0 Å². The first-order chi connectivity index (χ1) is 6.64. The summed E-state index contributed by atoms with van der Waals surface area (Å²) in [5.41, 5.74) is 7.19. The minimum atomic E-state index is -0.853. The van der Waals surface area contributed by atoms with Gasteiger partial charge >= 0.3 is 5.97 Å². The fourth-order valence-electron chi connectivity index (χ4n) is 1.33. The maximum atomic E-state index is 11.1. The maximum Gasteiger partial charge on any atom is 0.311 e. The van der Waals surface area contributed by atoms with Gasteiger partial charge in [-0.2, -0.15) is 0 Å². The van der Waals surface area contributed by atoms with Gasteiger partial charge in [0.05, 0.1) is 16.6 Å². The van der Waals surface area contributed by atoms with Gasteiger partial charge in [0.25, 0.3) is 0 Å². The Morgan fingerprint density at radius 3 is 2.86 bits per heavy atom. The topological polar surface area (TPSA) is 76.2 Å². The first-order valence-electron chi connectivity index (χ1n) is 4.45. The number of carbonyl (C=O) groups is 1. The first kappa shape index (κ1) is 11.1. The molecule has 0 fully saturated rings. The number of hydrogen-bond donors (Lipinski definition) is 2. The van der Waals surface area contributed by atoms with Crippen LogP contribution in [0.2, 0.25) is 0 Å². The summed E-state index contributed by atoms with van der Waals surface area (Å²) in [6.45, 7) is 1.99. The van der Waals surface area contributed by atoms with Gasteiger partial charge in [-0.15, -0.1) is 11.3 Å². The molecule has 1 aromatic heterocycles. The molecule has 5 heteroatoms. The van der Waals surface area contributed by atoms with Gasteiger partial charge in [0.15, 0.2) is 0 Å². The number of hydrogen-bond acceptors (Lipinski definition) is 4. The molecule has 1 atom stereocenters. The Labute approximate surface area is 86.8 Å². The van der Waals surface area contributed by atoms with Gasteiger partial charge in [0.2, 0.25) is 0 Å². The summed E-state index contributed by atoms with van der Waals surface area (Å²) in [6, 6.07) is 0. The van der Waals surface area contributed by atoms with Crippen molar-refractivity contribution in [2.45, 2.75) is 19.8 Å². The van der Waals surface area contributed by atoms with Crippen molar-refractivity contribution < 1.29 is 9.90 Å². The Morgan fingerprint density at radius 2 is 2.50 bits per heavy atom. The molecule has 0 aromatic carbocycles. The van der Waals surface area contributed by atoms with Crippen LogP contribution in [0.4, 0.5) is 0 Å². The molecule has 1 heterocycles. The maximum absolute atomic E-state index is 11.1. The van der Waals surface area contributed by atoms with Crippen LogP contribution in [-0.2, 0) is 11.2 Å². The Morgan fingerprint density at radius 1 is 1.79 bits per heavy atom. The Bertz CT molecular complexity index is 294. The third-order valence-corrected chi connectivity index (χ3v) is 3.16. The quantitative estimate of drug-likeness (QED) is 0.770. The monoisotopic (exact) mass is 214 g/mol. The molecule has 0 amide bonds. The minimum Gasteiger partial charge on any atom is -0.481 e. The lowest BCUT2D eigenvalue weighted by atomic mass is 9.81. The molecule has 0 saturated heterocycles. The van der Waals surface area contributed by atoms with Crippen LogP contribution in [-0.4, -0.2) is 22.6 Å². The molecule has 0 bridgehead atoms. The van der Waals surface area contributed by atoms with Crippen LogP contribution < -0.4 is 5.73 Å². The van der Waals surface area contributed by atoms with Gasteiger partial charge in [-0.3, -0.25) is 4.79 Å². The van der Waals surface area contributed by atoms with Crippen LogP contribution in [0.15, 0.2) is 10.9 Å². The first-order valence-corrected chi connectivity index (χ1v) is 5.39. The van der Waals surface area contributed by atoms with E-state index in [0.717, 1.165) is 5.69 Å². The summed E-state index contributed by atoms with van der Waals surface area (Å²) < 4.78 is 0. The van der Waals surface area contributed by atoms with E-state index in [2.05, 4.69) is 4.98 Å². The molecule has 0 aliphatic carbocycles. The van der Waals surface area contributed by atoms with Crippen molar-refractivity contribution in [1.29, 1.82) is 0 Å². The van der Waals surface area contributed by atoms with Crippen LogP contribution in [0, 0.1) is 5.41 Å². The number of nitrogens with two attached hydrogens (primary N) is 1. The van der Waals surface area contributed by atoms with Crippen molar-refractivity contribution in [3.63, 3.8) is 0 Å². The van der Waals surface area contributed by atoms with Crippen molar-refractivity contribution >= 4 is 17.3 Å². The van der Waals surface area contributed by atoms with E-state index in [0.29, 0.717) is 12.8 Å². The van der Waals surface area contributed by atoms with E-state index >= 15 is 0 Å². The molecule has 14 heavy (non-hydrogen) atoms. The SMILES string of the molecule is CCC(CN)(Cc1cscn1)C(=O)O. The molecule has 1 aromatic rings. The molecular formula is C9H14N2O2S. The lowest BCUT2D eigenvalue weighted by Crippen LogP contribution is -2.40. The fraction of sp³-hybridized carbons (Fsp3) is 0.556. The van der Waals surface area contributed by atoms with Crippen LogP contribution in [0.3, 0.4) is 0 Å². The molecule has 78 valence electrons. The van der Waals surface area contributed by atoms with Gasteiger partial charge in [-0.25, -0.2) is 4.98 Å². The number of aromatic nitrogens is 1. The molecule has 4 nitrogen and oxygen atoms in total. The van der Waals surface area contributed by atoms with Crippen LogP contribution in [0.5, 0.6) is 0 Å². The molecule has 0 spiro atoms. The summed E-state index contributed by atoms with van der Waals surface area (Å²) in [4.78, 5) is 15.2. The number of rotatable bonds is 5. The molecule has 3 N–H and O–H groups in total. The van der Waals surface area contributed by atoms with Crippen LogP contribution >= 0.6 is 11.3 Å². The number of nitrogens with zero attached hydrogens (tertiary/aromatic N) is 1. The molecule has 0 aliphatic heterocycles. The van der Waals surface area contributed by atoms with E-state index in [-0.39, 0.29) is 6.54 Å². The summed E-state index contributed by atoms with van der Waals surface area (Å²) in [7, 11) is 0. The second kappa shape index (κ2) is 4.52. The predicted molar refractivity (Wildman–Crippen MR) is 55.2 cm³/mol. The van der Waals surface area contributed by atoms with E-state index < -0.39 is 11.4 Å². The zero-order chi connectivity index (χ0) is 10.6. The van der Waals surface area contributed by atoms with E-state index in [1.54, 1.807) is 5.51 Å². The highest BCUT2D eigenvalue weighted by atomic mass is 32.1. The van der Waals surface area contributed by atoms with E-state index in [4.69, 9.17) is 10.8 Å². The highest BCUT2D eigenvalue weighted by Crippen LogP contribution is 2.26. The largest absolute Gasteiger partial charge is 0.481 e. The standard InChI is InChI=1S/C9H14N2O2S/c1-2-9(5-10,8(12)13)3-7-4-14-6-11-7/h4,6H,2-3,5,10H2,1H3,(H,12,13). The van der Waals surface area contributed by atoms with Crippen molar-refractivity contribution in [2.24, 2.45) is 11.1 Å². The lowest BCUT2D eigenvalue weighted by Gasteiger charge is -2.25. The third kappa shape index (κ3) is 2.10. The van der Waals surface area contributed by atoms with Gasteiger partial charge in [0.1, 0.15) is 0 Å². The molecule has 0 radical (unpaired) electrons. The Kier molecular flexibility index (Phi) is 3.60. The van der Waals surface area contributed by atoms with E-state index in [1.165, 1.54) is 11.3 Å². The predicted octanol–water partition coefficient (Wildman–Crippen LogP) is 1.13. The highest BCUT2D eigenvalue weighted by Gasteiger charge is 2.35. The summed E-state index contributed by atoms with van der Waals surface area (Å²) in [5, 5.41) is 11.0. The average Bonchev–Trinajstić information content (AvgIpc) is 2.66.